The number of aromatic nitrogens is 2. The van der Waals surface area contributed by atoms with Crippen molar-refractivity contribution in [3.63, 3.8) is 0 Å². The van der Waals surface area contributed by atoms with Gasteiger partial charge in [-0.05, 0) is 6.42 Å². The van der Waals surface area contributed by atoms with Crippen LogP contribution in [-0.4, -0.2) is 41.6 Å². The molecule has 0 bridgehead atoms. The van der Waals surface area contributed by atoms with E-state index in [0.29, 0.717) is 12.3 Å². The third kappa shape index (κ3) is 1.69. The topological polar surface area (TPSA) is 67.3 Å². The maximum atomic E-state index is 11.4. The van der Waals surface area contributed by atoms with Crippen LogP contribution in [0.4, 0.5) is 5.82 Å². The van der Waals surface area contributed by atoms with Gasteiger partial charge in [-0.3, -0.25) is 4.79 Å². The lowest BCUT2D eigenvalue weighted by atomic mass is 10.1. The van der Waals surface area contributed by atoms with Crippen molar-refractivity contribution in [1.29, 1.82) is 0 Å². The number of nitrogens with one attached hydrogen (secondary N) is 1. The van der Waals surface area contributed by atoms with Gasteiger partial charge in [0.05, 0.1) is 19.2 Å². The molecular weight excluding hydrogens is 220 g/mol. The summed E-state index contributed by atoms with van der Waals surface area (Å²) in [6, 6.07) is 2.30. The molecule has 90 valence electrons. The summed E-state index contributed by atoms with van der Waals surface area (Å²) in [6.45, 7) is 0.912. The zero-order valence-electron chi connectivity index (χ0n) is 9.59. The molecule has 17 heavy (non-hydrogen) atoms. The molecule has 2 aliphatic heterocycles. The molecule has 1 aromatic heterocycles. The molecule has 3 rings (SSSR count). The Kier molecular flexibility index (Phi) is 2.35. The Morgan fingerprint density at radius 1 is 1.53 bits per heavy atom. The SMILES string of the molecule is COc1cc(N2CCC3NC(=O)CC32)ncn1. The van der Waals surface area contributed by atoms with Gasteiger partial charge < -0.3 is 15.0 Å². The Labute approximate surface area is 99.0 Å². The monoisotopic (exact) mass is 234 g/mol. The van der Waals surface area contributed by atoms with Gasteiger partial charge in [0, 0.05) is 19.0 Å². The molecule has 0 aromatic carbocycles. The minimum absolute atomic E-state index is 0.130. The predicted octanol–water partition coefficient (Wildman–Crippen LogP) is -0.0476. The molecular formula is C11H14N4O2. The summed E-state index contributed by atoms with van der Waals surface area (Å²) in [6.07, 6.45) is 3.02. The van der Waals surface area contributed by atoms with Crippen molar-refractivity contribution in [3.8, 4) is 5.88 Å². The van der Waals surface area contributed by atoms with Crippen molar-refractivity contribution in [2.75, 3.05) is 18.6 Å². The van der Waals surface area contributed by atoms with Crippen LogP contribution in [0, 0.1) is 0 Å². The fraction of sp³-hybridized carbons (Fsp3) is 0.545. The molecule has 0 radical (unpaired) electrons. The van der Waals surface area contributed by atoms with Crippen molar-refractivity contribution in [1.82, 2.24) is 15.3 Å². The number of methoxy groups -OCH3 is 1. The molecule has 1 aromatic rings. The number of amides is 1. The Morgan fingerprint density at radius 2 is 2.41 bits per heavy atom. The largest absolute Gasteiger partial charge is 0.481 e. The van der Waals surface area contributed by atoms with Crippen LogP contribution < -0.4 is 15.0 Å². The van der Waals surface area contributed by atoms with Crippen LogP contribution in [0.2, 0.25) is 0 Å². The van der Waals surface area contributed by atoms with Gasteiger partial charge in [0.2, 0.25) is 11.8 Å². The minimum Gasteiger partial charge on any atom is -0.481 e. The molecule has 0 saturated carbocycles. The van der Waals surface area contributed by atoms with Gasteiger partial charge in [-0.2, -0.15) is 0 Å². The number of carbonyl (C=O) groups excluding carboxylic acids is 1. The van der Waals surface area contributed by atoms with Crippen LogP contribution in [0.5, 0.6) is 5.88 Å². The Hall–Kier alpha value is -1.85. The predicted molar refractivity (Wildman–Crippen MR) is 60.9 cm³/mol. The van der Waals surface area contributed by atoms with E-state index in [-0.39, 0.29) is 18.0 Å². The smallest absolute Gasteiger partial charge is 0.222 e. The third-order valence-corrected chi connectivity index (χ3v) is 3.42. The van der Waals surface area contributed by atoms with Gasteiger partial charge in [-0.25, -0.2) is 9.97 Å². The van der Waals surface area contributed by atoms with E-state index >= 15 is 0 Å². The highest BCUT2D eigenvalue weighted by molar-refractivity contribution is 5.81. The van der Waals surface area contributed by atoms with E-state index in [1.54, 1.807) is 7.11 Å². The first-order chi connectivity index (χ1) is 8.28. The molecule has 0 aliphatic carbocycles. The number of hydrogen-bond acceptors (Lipinski definition) is 5. The van der Waals surface area contributed by atoms with Gasteiger partial charge in [0.15, 0.2) is 0 Å². The molecule has 2 saturated heterocycles. The molecule has 1 N–H and O–H groups in total. The zero-order chi connectivity index (χ0) is 11.8. The highest BCUT2D eigenvalue weighted by atomic mass is 16.5. The van der Waals surface area contributed by atoms with E-state index in [0.717, 1.165) is 18.8 Å². The second-order valence-corrected chi connectivity index (χ2v) is 4.35. The quantitative estimate of drug-likeness (QED) is 0.777. The Morgan fingerprint density at radius 3 is 3.24 bits per heavy atom. The first kappa shape index (κ1) is 10.3. The van der Waals surface area contributed by atoms with Gasteiger partial charge in [0.1, 0.15) is 12.1 Å². The Balaban J connectivity index is 1.86. The number of anilines is 1. The molecule has 6 nitrogen and oxygen atoms in total. The molecule has 2 atom stereocenters. The summed E-state index contributed by atoms with van der Waals surface area (Å²) in [4.78, 5) is 21.8. The first-order valence-electron chi connectivity index (χ1n) is 5.70. The molecule has 2 aliphatic rings. The van der Waals surface area contributed by atoms with E-state index < -0.39 is 0 Å². The van der Waals surface area contributed by atoms with Crippen molar-refractivity contribution >= 4 is 11.7 Å². The lowest BCUT2D eigenvalue weighted by molar-refractivity contribution is -0.119. The molecule has 6 heteroatoms. The summed E-state index contributed by atoms with van der Waals surface area (Å²) in [7, 11) is 1.58. The number of rotatable bonds is 2. The van der Waals surface area contributed by atoms with Gasteiger partial charge in [0.25, 0.3) is 0 Å². The molecule has 2 fully saturated rings. The van der Waals surface area contributed by atoms with Crippen LogP contribution in [-0.2, 0) is 4.79 Å². The molecule has 3 heterocycles. The Bertz CT molecular complexity index is 451. The standard InChI is InChI=1S/C11H14N4O2/c1-17-11-5-9(12-6-13-11)15-3-2-7-8(15)4-10(16)14-7/h5-8H,2-4H2,1H3,(H,14,16). The highest BCUT2D eigenvalue weighted by Gasteiger charge is 2.41. The van der Waals surface area contributed by atoms with Gasteiger partial charge in [-0.15, -0.1) is 0 Å². The summed E-state index contributed by atoms with van der Waals surface area (Å²) in [5, 5.41) is 2.99. The number of ether oxygens (including phenoxy) is 1. The van der Waals surface area contributed by atoms with Crippen molar-refractivity contribution in [2.24, 2.45) is 0 Å². The second kappa shape index (κ2) is 3.87. The van der Waals surface area contributed by atoms with Crippen LogP contribution in [0.15, 0.2) is 12.4 Å². The molecule has 1 amide bonds. The molecule has 2 unspecified atom stereocenters. The van der Waals surface area contributed by atoms with Crippen molar-refractivity contribution < 1.29 is 9.53 Å². The number of fused-ring (bicyclic) bond motifs is 1. The van der Waals surface area contributed by atoms with Crippen LogP contribution in [0.3, 0.4) is 0 Å². The van der Waals surface area contributed by atoms with Crippen molar-refractivity contribution in [3.05, 3.63) is 12.4 Å². The van der Waals surface area contributed by atoms with Crippen LogP contribution in [0.1, 0.15) is 12.8 Å². The fourth-order valence-electron chi connectivity index (χ4n) is 2.61. The second-order valence-electron chi connectivity index (χ2n) is 4.35. The minimum atomic E-state index is 0.130. The maximum Gasteiger partial charge on any atom is 0.222 e. The van der Waals surface area contributed by atoms with Crippen LogP contribution in [0.25, 0.3) is 0 Å². The number of nitrogens with zero attached hydrogens (tertiary/aromatic N) is 3. The zero-order valence-corrected chi connectivity index (χ0v) is 9.59. The van der Waals surface area contributed by atoms with Gasteiger partial charge >= 0.3 is 0 Å². The average Bonchev–Trinajstić information content (AvgIpc) is 2.87. The maximum absolute atomic E-state index is 11.4. The third-order valence-electron chi connectivity index (χ3n) is 3.42. The van der Waals surface area contributed by atoms with E-state index in [2.05, 4.69) is 20.2 Å². The normalized spacial score (nSPS) is 26.9. The average molecular weight is 234 g/mol. The van der Waals surface area contributed by atoms with E-state index in [1.807, 2.05) is 6.07 Å². The highest BCUT2D eigenvalue weighted by Crippen LogP contribution is 2.30. The van der Waals surface area contributed by atoms with E-state index in [9.17, 15) is 4.79 Å². The van der Waals surface area contributed by atoms with E-state index in [4.69, 9.17) is 4.74 Å². The van der Waals surface area contributed by atoms with E-state index in [1.165, 1.54) is 6.33 Å². The summed E-state index contributed by atoms with van der Waals surface area (Å²) in [5.41, 5.74) is 0. The lowest BCUT2D eigenvalue weighted by Gasteiger charge is -2.23. The summed E-state index contributed by atoms with van der Waals surface area (Å²) < 4.78 is 5.09. The number of hydrogen-bond donors (Lipinski definition) is 1. The van der Waals surface area contributed by atoms with Crippen molar-refractivity contribution in [2.45, 2.75) is 24.9 Å². The summed E-state index contributed by atoms with van der Waals surface area (Å²) in [5.74, 6) is 1.52. The molecule has 0 spiro atoms. The van der Waals surface area contributed by atoms with Gasteiger partial charge in [-0.1, -0.05) is 0 Å². The lowest BCUT2D eigenvalue weighted by Crippen LogP contribution is -2.34. The summed E-state index contributed by atoms with van der Waals surface area (Å²) >= 11 is 0. The fourth-order valence-corrected chi connectivity index (χ4v) is 2.61. The first-order valence-corrected chi connectivity index (χ1v) is 5.70. The number of carbonyl (C=O) groups is 1. The van der Waals surface area contributed by atoms with Crippen LogP contribution >= 0.6 is 0 Å².